The van der Waals surface area contributed by atoms with Gasteiger partial charge in [0.2, 0.25) is 0 Å². The highest BCUT2D eigenvalue weighted by Crippen LogP contribution is 2.03. The third kappa shape index (κ3) is 2.36. The second-order valence-electron chi connectivity index (χ2n) is 2.26. The summed E-state index contributed by atoms with van der Waals surface area (Å²) in [5, 5.41) is 0. The van der Waals surface area contributed by atoms with Crippen molar-refractivity contribution in [2.45, 2.75) is 12.6 Å². The maximum absolute atomic E-state index is 2.30. The second kappa shape index (κ2) is 4.28. The highest BCUT2D eigenvalue weighted by molar-refractivity contribution is 6.34. The van der Waals surface area contributed by atoms with Crippen LogP contribution in [0.1, 0.15) is 5.56 Å². The molecule has 0 amide bonds. The van der Waals surface area contributed by atoms with Gasteiger partial charge >= 0.3 is 0 Å². The van der Waals surface area contributed by atoms with Crippen molar-refractivity contribution in [3.63, 3.8) is 0 Å². The fourth-order valence-corrected chi connectivity index (χ4v) is 1.35. The first-order valence-corrected chi connectivity index (χ1v) is 5.56. The van der Waals surface area contributed by atoms with E-state index >= 15 is 0 Å². The van der Waals surface area contributed by atoms with Gasteiger partial charge in [0.25, 0.3) is 0 Å². The molecule has 1 heteroatoms. The van der Waals surface area contributed by atoms with E-state index in [0.717, 1.165) is 0 Å². The molecule has 0 atom stereocenters. The average molecular weight is 148 g/mol. The fourth-order valence-electron chi connectivity index (χ4n) is 0.843. The molecule has 0 aliphatic carbocycles. The summed E-state index contributed by atoms with van der Waals surface area (Å²) in [7, 11) is 0.621. The number of benzene rings is 1. The van der Waals surface area contributed by atoms with Crippen molar-refractivity contribution in [1.82, 2.24) is 0 Å². The summed E-state index contributed by atoms with van der Waals surface area (Å²) >= 11 is 0. The summed E-state index contributed by atoms with van der Waals surface area (Å²) in [6, 6.07) is 11.8. The van der Waals surface area contributed by atoms with Crippen LogP contribution in [0.25, 0.3) is 0 Å². The minimum absolute atomic E-state index is 0.621. The molecule has 0 unspecified atom stereocenters. The third-order valence-corrected chi connectivity index (χ3v) is 2.10. The van der Waals surface area contributed by atoms with Gasteiger partial charge in [-0.05, 0) is 12.0 Å². The van der Waals surface area contributed by atoms with E-state index in [-0.39, 0.29) is 0 Å². The Hall–Kier alpha value is -0.563. The summed E-state index contributed by atoms with van der Waals surface area (Å²) in [5.41, 5.74) is 1.36. The van der Waals surface area contributed by atoms with Gasteiger partial charge in [-0.2, -0.15) is 0 Å². The molecule has 0 N–H and O–H groups in total. The largest absolute Gasteiger partial charge is 0.0741 e. The Morgan fingerprint density at radius 1 is 1.30 bits per heavy atom. The minimum Gasteiger partial charge on any atom is -0.0741 e. The molecule has 0 spiro atoms. The molecule has 10 heavy (non-hydrogen) atoms. The van der Waals surface area contributed by atoms with Gasteiger partial charge in [0, 0.05) is 9.52 Å². The quantitative estimate of drug-likeness (QED) is 0.576. The zero-order valence-corrected chi connectivity index (χ0v) is 7.40. The van der Waals surface area contributed by atoms with Crippen molar-refractivity contribution < 1.29 is 0 Å². The first-order valence-electron chi connectivity index (χ1n) is 3.59. The molecule has 2 radical (unpaired) electrons. The van der Waals surface area contributed by atoms with E-state index in [1.165, 1.54) is 11.6 Å². The van der Waals surface area contributed by atoms with Crippen molar-refractivity contribution >= 4 is 9.52 Å². The maximum Gasteiger partial charge on any atom is 0.0253 e. The van der Waals surface area contributed by atoms with E-state index in [0.29, 0.717) is 9.52 Å². The van der Waals surface area contributed by atoms with Crippen molar-refractivity contribution in [2.75, 3.05) is 0 Å². The van der Waals surface area contributed by atoms with E-state index in [4.69, 9.17) is 0 Å². The van der Waals surface area contributed by atoms with Gasteiger partial charge in [0.15, 0.2) is 0 Å². The number of rotatable bonds is 3. The Morgan fingerprint density at radius 2 is 2.00 bits per heavy atom. The highest BCUT2D eigenvalue weighted by Gasteiger charge is 1.88. The van der Waals surface area contributed by atoms with Gasteiger partial charge < -0.3 is 0 Å². The average Bonchev–Trinajstić information content (AvgIpc) is 2.03. The van der Waals surface area contributed by atoms with Gasteiger partial charge in [-0.15, -0.1) is 0 Å². The van der Waals surface area contributed by atoms with Crippen LogP contribution in [0.4, 0.5) is 0 Å². The molecule has 1 aromatic rings. The molecule has 0 fully saturated rings. The lowest BCUT2D eigenvalue weighted by Crippen LogP contribution is -1.83. The molecular formula is C9H12Si. The molecular weight excluding hydrogens is 136 g/mol. The van der Waals surface area contributed by atoms with Crippen LogP contribution in [0.2, 0.25) is 12.6 Å². The molecule has 0 saturated heterocycles. The van der Waals surface area contributed by atoms with Gasteiger partial charge in [-0.3, -0.25) is 0 Å². The molecule has 0 heterocycles. The summed E-state index contributed by atoms with van der Waals surface area (Å²) in [6.45, 7) is 2.28. The van der Waals surface area contributed by atoms with Crippen molar-refractivity contribution in [2.24, 2.45) is 0 Å². The van der Waals surface area contributed by atoms with E-state index in [9.17, 15) is 0 Å². The normalized spacial score (nSPS) is 9.70. The maximum atomic E-state index is 2.30. The summed E-state index contributed by atoms with van der Waals surface area (Å²) in [5.74, 6) is 0. The minimum atomic E-state index is 0.621. The molecule has 0 aliphatic heterocycles. The Balaban J connectivity index is 2.43. The molecule has 0 bridgehead atoms. The van der Waals surface area contributed by atoms with E-state index < -0.39 is 0 Å². The Kier molecular flexibility index (Phi) is 3.23. The lowest BCUT2D eigenvalue weighted by Gasteiger charge is -1.95. The van der Waals surface area contributed by atoms with Crippen LogP contribution in [0, 0.1) is 6.42 Å². The van der Waals surface area contributed by atoms with Gasteiger partial charge in [0.05, 0.1) is 0 Å². The summed E-state index contributed by atoms with van der Waals surface area (Å²) < 4.78 is 0. The topological polar surface area (TPSA) is 0 Å². The Labute approximate surface area is 65.1 Å². The van der Waals surface area contributed by atoms with Crippen molar-refractivity contribution in [3.8, 4) is 0 Å². The zero-order valence-electron chi connectivity index (χ0n) is 6.25. The van der Waals surface area contributed by atoms with Crippen LogP contribution >= 0.6 is 0 Å². The SMILES string of the molecule is C[SiH]C[CH]c1ccccc1. The standard InChI is InChI=1S/C9H12Si/c1-10-8-7-9-5-3-2-4-6-9/h2-7,10H,8H2,1H3. The predicted molar refractivity (Wildman–Crippen MR) is 47.7 cm³/mol. The van der Waals surface area contributed by atoms with Gasteiger partial charge in [-0.25, -0.2) is 0 Å². The second-order valence-corrected chi connectivity index (χ2v) is 3.55. The van der Waals surface area contributed by atoms with E-state index in [1.807, 2.05) is 0 Å². The van der Waals surface area contributed by atoms with Crippen LogP contribution in [0.3, 0.4) is 0 Å². The fraction of sp³-hybridized carbons (Fsp3) is 0.222. The first kappa shape index (κ1) is 7.54. The Bertz CT molecular complexity index is 169. The molecule has 0 aliphatic rings. The van der Waals surface area contributed by atoms with Crippen LogP contribution in [-0.4, -0.2) is 9.52 Å². The summed E-state index contributed by atoms with van der Waals surface area (Å²) in [4.78, 5) is 0. The number of hydrogen-bond acceptors (Lipinski definition) is 0. The first-order chi connectivity index (χ1) is 4.93. The van der Waals surface area contributed by atoms with E-state index in [2.05, 4.69) is 43.3 Å². The lowest BCUT2D eigenvalue weighted by atomic mass is 10.2. The van der Waals surface area contributed by atoms with Crippen molar-refractivity contribution in [1.29, 1.82) is 0 Å². The molecule has 0 nitrogen and oxygen atoms in total. The third-order valence-electron chi connectivity index (χ3n) is 1.39. The Morgan fingerprint density at radius 3 is 2.60 bits per heavy atom. The molecule has 1 aromatic carbocycles. The number of hydrogen-bond donors (Lipinski definition) is 0. The van der Waals surface area contributed by atoms with Crippen molar-refractivity contribution in [3.05, 3.63) is 42.3 Å². The van der Waals surface area contributed by atoms with Gasteiger partial charge in [0.1, 0.15) is 0 Å². The van der Waals surface area contributed by atoms with Crippen LogP contribution < -0.4 is 0 Å². The summed E-state index contributed by atoms with van der Waals surface area (Å²) in [6.07, 6.45) is 2.30. The smallest absolute Gasteiger partial charge is 0.0253 e. The van der Waals surface area contributed by atoms with Gasteiger partial charge in [-0.1, -0.05) is 42.9 Å². The lowest BCUT2D eigenvalue weighted by molar-refractivity contribution is 1.40. The monoisotopic (exact) mass is 148 g/mol. The van der Waals surface area contributed by atoms with E-state index in [1.54, 1.807) is 0 Å². The van der Waals surface area contributed by atoms with Crippen LogP contribution in [-0.2, 0) is 0 Å². The van der Waals surface area contributed by atoms with Crippen LogP contribution in [0.5, 0.6) is 0 Å². The highest BCUT2D eigenvalue weighted by atomic mass is 28.2. The van der Waals surface area contributed by atoms with Crippen LogP contribution in [0.15, 0.2) is 30.3 Å². The predicted octanol–water partition coefficient (Wildman–Crippen LogP) is 2.14. The molecule has 0 aromatic heterocycles. The molecule has 0 saturated carbocycles. The molecule has 1 rings (SSSR count). The molecule has 52 valence electrons. The zero-order chi connectivity index (χ0) is 7.23.